The summed E-state index contributed by atoms with van der Waals surface area (Å²) in [6.45, 7) is 0.764. The Hall–Kier alpha value is -1.07. The van der Waals surface area contributed by atoms with Crippen LogP contribution in [-0.4, -0.2) is 33.4 Å². The summed E-state index contributed by atoms with van der Waals surface area (Å²) in [6, 6.07) is 7.33. The molecule has 2 aliphatic rings. The van der Waals surface area contributed by atoms with Crippen LogP contribution in [0, 0.1) is 5.92 Å². The van der Waals surface area contributed by atoms with Gasteiger partial charge in [-0.3, -0.25) is 0 Å². The molecule has 1 saturated heterocycles. The summed E-state index contributed by atoms with van der Waals surface area (Å²) in [7, 11) is -3.20. The zero-order valence-corrected chi connectivity index (χ0v) is 11.8. The first kappa shape index (κ1) is 12.9. The van der Waals surface area contributed by atoms with Crippen molar-refractivity contribution in [2.75, 3.05) is 18.2 Å². The predicted octanol–water partition coefficient (Wildman–Crippen LogP) is 2.07. The van der Waals surface area contributed by atoms with E-state index in [1.165, 1.54) is 19.1 Å². The van der Waals surface area contributed by atoms with E-state index in [4.69, 9.17) is 4.74 Å². The highest BCUT2D eigenvalue weighted by molar-refractivity contribution is 7.90. The Morgan fingerprint density at radius 1 is 1.21 bits per heavy atom. The van der Waals surface area contributed by atoms with Gasteiger partial charge in [0.15, 0.2) is 9.84 Å². The molecule has 0 radical (unpaired) electrons. The maximum absolute atomic E-state index is 11.8. The zero-order valence-electron chi connectivity index (χ0n) is 11.0. The SMILES string of the molecule is CS(=O)(=O)c1ccccc1NC1CCOC1C1CC1. The van der Waals surface area contributed by atoms with E-state index in [2.05, 4.69) is 5.32 Å². The average Bonchev–Trinajstić information content (AvgIpc) is 3.10. The van der Waals surface area contributed by atoms with Crippen molar-refractivity contribution in [1.82, 2.24) is 0 Å². The Balaban J connectivity index is 1.83. The van der Waals surface area contributed by atoms with Crippen molar-refractivity contribution in [3.05, 3.63) is 24.3 Å². The molecule has 0 bridgehead atoms. The van der Waals surface area contributed by atoms with Gasteiger partial charge in [-0.25, -0.2) is 8.42 Å². The molecule has 0 spiro atoms. The van der Waals surface area contributed by atoms with Crippen LogP contribution in [0.1, 0.15) is 19.3 Å². The summed E-state index contributed by atoms with van der Waals surface area (Å²) in [5.41, 5.74) is 0.700. The molecule has 4 nitrogen and oxygen atoms in total. The maximum Gasteiger partial charge on any atom is 0.177 e. The first-order valence-corrected chi connectivity index (χ1v) is 8.62. The van der Waals surface area contributed by atoms with E-state index in [0.29, 0.717) is 16.5 Å². The number of anilines is 1. The van der Waals surface area contributed by atoms with E-state index in [1.807, 2.05) is 12.1 Å². The molecule has 1 N–H and O–H groups in total. The highest BCUT2D eigenvalue weighted by atomic mass is 32.2. The van der Waals surface area contributed by atoms with Crippen LogP contribution in [0.4, 0.5) is 5.69 Å². The first-order chi connectivity index (χ1) is 9.05. The Labute approximate surface area is 114 Å². The van der Waals surface area contributed by atoms with Crippen LogP contribution in [-0.2, 0) is 14.6 Å². The second-order valence-corrected chi connectivity index (χ2v) is 7.46. The minimum absolute atomic E-state index is 0.232. The average molecular weight is 281 g/mol. The van der Waals surface area contributed by atoms with Crippen molar-refractivity contribution in [3.8, 4) is 0 Å². The summed E-state index contributed by atoms with van der Waals surface area (Å²) in [4.78, 5) is 0.372. The number of sulfone groups is 1. The lowest BCUT2D eigenvalue weighted by atomic mass is 10.1. The van der Waals surface area contributed by atoms with Crippen LogP contribution >= 0.6 is 0 Å². The fraction of sp³-hybridized carbons (Fsp3) is 0.571. The molecule has 1 aromatic rings. The predicted molar refractivity (Wildman–Crippen MR) is 74.0 cm³/mol. The molecule has 1 aliphatic heterocycles. The Bertz CT molecular complexity index is 566. The van der Waals surface area contributed by atoms with Crippen LogP contribution in [0.2, 0.25) is 0 Å². The van der Waals surface area contributed by atoms with Crippen molar-refractivity contribution in [2.45, 2.75) is 36.3 Å². The van der Waals surface area contributed by atoms with Crippen molar-refractivity contribution in [2.24, 2.45) is 5.92 Å². The highest BCUT2D eigenvalue weighted by Gasteiger charge is 2.40. The molecule has 0 amide bonds. The fourth-order valence-corrected chi connectivity index (χ4v) is 3.62. The molecular formula is C14H19NO3S. The molecular weight excluding hydrogens is 262 g/mol. The van der Waals surface area contributed by atoms with Gasteiger partial charge in [-0.1, -0.05) is 12.1 Å². The number of nitrogens with one attached hydrogen (secondary N) is 1. The number of ether oxygens (including phenoxy) is 1. The van der Waals surface area contributed by atoms with E-state index < -0.39 is 9.84 Å². The van der Waals surface area contributed by atoms with Gasteiger partial charge >= 0.3 is 0 Å². The number of benzene rings is 1. The van der Waals surface area contributed by atoms with Crippen molar-refractivity contribution in [1.29, 1.82) is 0 Å². The number of hydrogen-bond donors (Lipinski definition) is 1. The number of hydrogen-bond acceptors (Lipinski definition) is 4. The molecule has 1 aliphatic carbocycles. The van der Waals surface area contributed by atoms with E-state index in [-0.39, 0.29) is 12.1 Å². The molecule has 3 rings (SSSR count). The molecule has 104 valence electrons. The fourth-order valence-electron chi connectivity index (χ4n) is 2.76. The van der Waals surface area contributed by atoms with Gasteiger partial charge in [-0.2, -0.15) is 0 Å². The zero-order chi connectivity index (χ0) is 13.5. The lowest BCUT2D eigenvalue weighted by Crippen LogP contribution is -2.31. The van der Waals surface area contributed by atoms with Crippen LogP contribution in [0.3, 0.4) is 0 Å². The normalized spacial score (nSPS) is 27.4. The second kappa shape index (κ2) is 4.80. The van der Waals surface area contributed by atoms with Crippen LogP contribution in [0.25, 0.3) is 0 Å². The molecule has 5 heteroatoms. The maximum atomic E-state index is 11.8. The molecule has 1 heterocycles. The first-order valence-electron chi connectivity index (χ1n) is 6.73. The third kappa shape index (κ3) is 2.77. The van der Waals surface area contributed by atoms with Gasteiger partial charge in [0.25, 0.3) is 0 Å². The van der Waals surface area contributed by atoms with Gasteiger partial charge in [0.1, 0.15) is 0 Å². The number of para-hydroxylation sites is 1. The summed E-state index contributed by atoms with van der Waals surface area (Å²) in [6.07, 6.45) is 4.90. The van der Waals surface area contributed by atoms with E-state index >= 15 is 0 Å². The second-order valence-electron chi connectivity index (χ2n) is 5.48. The van der Waals surface area contributed by atoms with Crippen molar-refractivity contribution < 1.29 is 13.2 Å². The van der Waals surface area contributed by atoms with Gasteiger partial charge in [-0.05, 0) is 37.3 Å². The third-order valence-corrected chi connectivity index (χ3v) is 5.00. The Morgan fingerprint density at radius 3 is 2.63 bits per heavy atom. The summed E-state index contributed by atoms with van der Waals surface area (Å²) >= 11 is 0. The standard InChI is InChI=1S/C14H19NO3S/c1-19(16,17)13-5-3-2-4-11(13)15-12-8-9-18-14(12)10-6-7-10/h2-5,10,12,14-15H,6-9H2,1H3. The topological polar surface area (TPSA) is 55.4 Å². The van der Waals surface area contributed by atoms with Crippen LogP contribution < -0.4 is 5.32 Å². The monoisotopic (exact) mass is 281 g/mol. The Morgan fingerprint density at radius 2 is 1.95 bits per heavy atom. The smallest absolute Gasteiger partial charge is 0.177 e. The summed E-state index contributed by atoms with van der Waals surface area (Å²) in [5.74, 6) is 0.658. The molecule has 1 saturated carbocycles. The molecule has 2 atom stereocenters. The van der Waals surface area contributed by atoms with Gasteiger partial charge in [-0.15, -0.1) is 0 Å². The summed E-state index contributed by atoms with van der Waals surface area (Å²) < 4.78 is 29.3. The van der Waals surface area contributed by atoms with Crippen molar-refractivity contribution >= 4 is 15.5 Å². The lowest BCUT2D eigenvalue weighted by molar-refractivity contribution is 0.0898. The lowest BCUT2D eigenvalue weighted by Gasteiger charge is -2.21. The van der Waals surface area contributed by atoms with Gasteiger partial charge < -0.3 is 10.1 Å². The third-order valence-electron chi connectivity index (χ3n) is 3.85. The van der Waals surface area contributed by atoms with Crippen LogP contribution in [0.5, 0.6) is 0 Å². The minimum atomic E-state index is -3.20. The van der Waals surface area contributed by atoms with E-state index in [9.17, 15) is 8.42 Å². The number of rotatable bonds is 4. The molecule has 0 aromatic heterocycles. The quantitative estimate of drug-likeness (QED) is 0.918. The largest absolute Gasteiger partial charge is 0.379 e. The van der Waals surface area contributed by atoms with E-state index in [0.717, 1.165) is 13.0 Å². The molecule has 1 aromatic carbocycles. The van der Waals surface area contributed by atoms with Crippen molar-refractivity contribution in [3.63, 3.8) is 0 Å². The van der Waals surface area contributed by atoms with Crippen LogP contribution in [0.15, 0.2) is 29.2 Å². The molecule has 2 unspecified atom stereocenters. The molecule has 19 heavy (non-hydrogen) atoms. The van der Waals surface area contributed by atoms with E-state index in [1.54, 1.807) is 12.1 Å². The Kier molecular flexibility index (Phi) is 3.27. The van der Waals surface area contributed by atoms with Gasteiger partial charge in [0.2, 0.25) is 0 Å². The van der Waals surface area contributed by atoms with Gasteiger partial charge in [0.05, 0.1) is 22.7 Å². The highest BCUT2D eigenvalue weighted by Crippen LogP contribution is 2.40. The molecule has 2 fully saturated rings. The van der Waals surface area contributed by atoms with Gasteiger partial charge in [0, 0.05) is 12.9 Å². The minimum Gasteiger partial charge on any atom is -0.379 e. The summed E-state index contributed by atoms with van der Waals surface area (Å²) in [5, 5.41) is 3.38.